The van der Waals surface area contributed by atoms with Gasteiger partial charge in [0.1, 0.15) is 5.82 Å². The Labute approximate surface area is 159 Å². The van der Waals surface area contributed by atoms with Crippen molar-refractivity contribution in [1.82, 2.24) is 10.3 Å². The molecular weight excluding hydrogens is 346 g/mol. The van der Waals surface area contributed by atoms with Crippen LogP contribution in [0.25, 0.3) is 0 Å². The van der Waals surface area contributed by atoms with Crippen LogP contribution >= 0.6 is 11.6 Å². The third kappa shape index (κ3) is 4.01. The molecule has 1 saturated carbocycles. The number of nitrogens with zero attached hydrogens (tertiary/aromatic N) is 2. The zero-order chi connectivity index (χ0) is 17.9. The Morgan fingerprint density at radius 3 is 2.77 bits per heavy atom. The summed E-state index contributed by atoms with van der Waals surface area (Å²) in [6.07, 6.45) is 6.59. The Kier molecular flexibility index (Phi) is 5.11. The number of aromatic nitrogens is 1. The third-order valence-electron chi connectivity index (χ3n) is 5.36. The fourth-order valence-corrected chi connectivity index (χ4v) is 3.94. The summed E-state index contributed by atoms with van der Waals surface area (Å²) < 4.78 is 0. The molecule has 0 spiro atoms. The van der Waals surface area contributed by atoms with Gasteiger partial charge in [-0.2, -0.15) is 0 Å². The van der Waals surface area contributed by atoms with Crippen LogP contribution in [0, 0.1) is 5.92 Å². The van der Waals surface area contributed by atoms with Gasteiger partial charge >= 0.3 is 0 Å². The summed E-state index contributed by atoms with van der Waals surface area (Å²) in [5.74, 6) is 1.53. The Balaban J connectivity index is 1.28. The van der Waals surface area contributed by atoms with E-state index in [2.05, 4.69) is 27.3 Å². The molecule has 26 heavy (non-hydrogen) atoms. The van der Waals surface area contributed by atoms with Gasteiger partial charge in [-0.15, -0.1) is 0 Å². The molecule has 136 valence electrons. The van der Waals surface area contributed by atoms with E-state index in [0.717, 1.165) is 41.5 Å². The van der Waals surface area contributed by atoms with Crippen LogP contribution < -0.4 is 10.2 Å². The maximum absolute atomic E-state index is 12.4. The minimum Gasteiger partial charge on any atom is -0.357 e. The molecule has 4 rings (SSSR count). The van der Waals surface area contributed by atoms with E-state index in [4.69, 9.17) is 11.6 Å². The molecule has 0 radical (unpaired) electrons. The highest BCUT2D eigenvalue weighted by Gasteiger charge is 2.43. The number of carbonyl (C=O) groups is 1. The molecule has 1 aromatic carbocycles. The summed E-state index contributed by atoms with van der Waals surface area (Å²) in [6.45, 7) is 2.72. The van der Waals surface area contributed by atoms with Gasteiger partial charge in [0, 0.05) is 36.8 Å². The standard InChI is InChI=1S/C21H24ClN3O/c22-17-6-4-5-16(11-17)18-12-19(18)21(26)24-14-15-7-8-20(23-13-15)25-9-2-1-3-10-25/h4-8,11,13,18-19H,1-3,9-10,12,14H2,(H,24,26). The number of nitrogens with one attached hydrogen (secondary N) is 1. The van der Waals surface area contributed by atoms with Crippen LogP contribution in [0.5, 0.6) is 0 Å². The van der Waals surface area contributed by atoms with Crippen molar-refractivity contribution in [2.24, 2.45) is 5.92 Å². The van der Waals surface area contributed by atoms with E-state index in [9.17, 15) is 4.79 Å². The van der Waals surface area contributed by atoms with E-state index in [-0.39, 0.29) is 11.8 Å². The van der Waals surface area contributed by atoms with Gasteiger partial charge in [-0.1, -0.05) is 29.8 Å². The molecule has 0 bridgehead atoms. The fraction of sp³-hybridized carbons (Fsp3) is 0.429. The number of pyridine rings is 1. The van der Waals surface area contributed by atoms with E-state index in [1.54, 1.807) is 0 Å². The Bertz CT molecular complexity index is 771. The largest absolute Gasteiger partial charge is 0.357 e. The Morgan fingerprint density at radius 1 is 1.19 bits per heavy atom. The smallest absolute Gasteiger partial charge is 0.224 e. The van der Waals surface area contributed by atoms with Crippen molar-refractivity contribution in [3.05, 3.63) is 58.7 Å². The van der Waals surface area contributed by atoms with Crippen molar-refractivity contribution >= 4 is 23.3 Å². The lowest BCUT2D eigenvalue weighted by atomic mass is 10.1. The van der Waals surface area contributed by atoms with Crippen molar-refractivity contribution in [3.63, 3.8) is 0 Å². The molecule has 2 aliphatic rings. The molecule has 1 aromatic heterocycles. The molecule has 1 saturated heterocycles. The van der Waals surface area contributed by atoms with Crippen molar-refractivity contribution in [2.45, 2.75) is 38.1 Å². The van der Waals surface area contributed by atoms with Crippen LogP contribution in [0.2, 0.25) is 5.02 Å². The quantitative estimate of drug-likeness (QED) is 0.861. The van der Waals surface area contributed by atoms with Gasteiger partial charge in [-0.25, -0.2) is 4.98 Å². The number of piperidine rings is 1. The summed E-state index contributed by atoms with van der Waals surface area (Å²) in [7, 11) is 0. The van der Waals surface area contributed by atoms with Gasteiger partial charge in [0.25, 0.3) is 0 Å². The van der Waals surface area contributed by atoms with Crippen LogP contribution in [0.15, 0.2) is 42.6 Å². The van der Waals surface area contributed by atoms with Gasteiger partial charge in [0.05, 0.1) is 0 Å². The number of carbonyl (C=O) groups excluding carboxylic acids is 1. The summed E-state index contributed by atoms with van der Waals surface area (Å²) in [4.78, 5) is 19.3. The van der Waals surface area contributed by atoms with Crippen LogP contribution in [0.3, 0.4) is 0 Å². The van der Waals surface area contributed by atoms with E-state index in [1.807, 2.05) is 30.5 Å². The lowest BCUT2D eigenvalue weighted by Crippen LogP contribution is -2.30. The summed E-state index contributed by atoms with van der Waals surface area (Å²) in [6, 6.07) is 12.0. The number of hydrogen-bond acceptors (Lipinski definition) is 3. The maximum Gasteiger partial charge on any atom is 0.224 e. The molecule has 1 amide bonds. The lowest BCUT2D eigenvalue weighted by Gasteiger charge is -2.27. The van der Waals surface area contributed by atoms with E-state index in [0.29, 0.717) is 12.5 Å². The second kappa shape index (κ2) is 7.67. The zero-order valence-corrected chi connectivity index (χ0v) is 15.6. The van der Waals surface area contributed by atoms with Crippen LogP contribution in [-0.2, 0) is 11.3 Å². The van der Waals surface area contributed by atoms with E-state index in [1.165, 1.54) is 19.3 Å². The van der Waals surface area contributed by atoms with Crippen LogP contribution in [0.4, 0.5) is 5.82 Å². The predicted octanol–water partition coefficient (Wildman–Crippen LogP) is 4.15. The zero-order valence-electron chi connectivity index (χ0n) is 14.8. The molecule has 2 atom stereocenters. The van der Waals surface area contributed by atoms with E-state index < -0.39 is 0 Å². The molecular formula is C21H24ClN3O. The Morgan fingerprint density at radius 2 is 2.04 bits per heavy atom. The first-order valence-electron chi connectivity index (χ1n) is 9.44. The van der Waals surface area contributed by atoms with Crippen LogP contribution in [0.1, 0.15) is 42.7 Å². The number of amides is 1. The minimum atomic E-state index is 0.0639. The normalized spacial score (nSPS) is 22.1. The van der Waals surface area contributed by atoms with Crippen molar-refractivity contribution in [2.75, 3.05) is 18.0 Å². The average Bonchev–Trinajstić information content (AvgIpc) is 3.48. The summed E-state index contributed by atoms with van der Waals surface area (Å²) in [5.41, 5.74) is 2.20. The molecule has 2 fully saturated rings. The first-order valence-corrected chi connectivity index (χ1v) is 9.81. The Hall–Kier alpha value is -2.07. The molecule has 1 aliphatic carbocycles. The molecule has 2 unspecified atom stereocenters. The second-order valence-corrected chi connectivity index (χ2v) is 7.73. The van der Waals surface area contributed by atoms with Crippen molar-refractivity contribution in [1.29, 1.82) is 0 Å². The number of anilines is 1. The molecule has 5 heteroatoms. The molecule has 2 aromatic rings. The lowest BCUT2D eigenvalue weighted by molar-refractivity contribution is -0.122. The van der Waals surface area contributed by atoms with Crippen molar-refractivity contribution < 1.29 is 4.79 Å². The van der Waals surface area contributed by atoms with Crippen LogP contribution in [-0.4, -0.2) is 24.0 Å². The summed E-state index contributed by atoms with van der Waals surface area (Å²) in [5, 5.41) is 3.78. The molecule has 1 aliphatic heterocycles. The fourth-order valence-electron chi connectivity index (χ4n) is 3.74. The highest BCUT2D eigenvalue weighted by Crippen LogP contribution is 2.47. The molecule has 2 heterocycles. The second-order valence-electron chi connectivity index (χ2n) is 7.29. The third-order valence-corrected chi connectivity index (χ3v) is 5.60. The number of hydrogen-bond donors (Lipinski definition) is 1. The van der Waals surface area contributed by atoms with Gasteiger partial charge in [-0.3, -0.25) is 4.79 Å². The number of halogens is 1. The first-order chi connectivity index (χ1) is 12.7. The highest BCUT2D eigenvalue weighted by atomic mass is 35.5. The topological polar surface area (TPSA) is 45.2 Å². The van der Waals surface area contributed by atoms with E-state index >= 15 is 0 Å². The minimum absolute atomic E-state index is 0.0639. The summed E-state index contributed by atoms with van der Waals surface area (Å²) >= 11 is 6.04. The predicted molar refractivity (Wildman–Crippen MR) is 104 cm³/mol. The van der Waals surface area contributed by atoms with Gasteiger partial charge in [-0.05, 0) is 60.9 Å². The van der Waals surface area contributed by atoms with Gasteiger partial charge in [0.2, 0.25) is 5.91 Å². The number of benzene rings is 1. The van der Waals surface area contributed by atoms with Gasteiger partial charge < -0.3 is 10.2 Å². The number of rotatable bonds is 5. The van der Waals surface area contributed by atoms with Gasteiger partial charge in [0.15, 0.2) is 0 Å². The molecule has 1 N–H and O–H groups in total. The SMILES string of the molecule is O=C(NCc1ccc(N2CCCCC2)nc1)C1CC1c1cccc(Cl)c1. The molecule has 4 nitrogen and oxygen atoms in total. The van der Waals surface area contributed by atoms with Crippen molar-refractivity contribution in [3.8, 4) is 0 Å². The highest BCUT2D eigenvalue weighted by molar-refractivity contribution is 6.30. The first kappa shape index (κ1) is 17.3. The average molecular weight is 370 g/mol. The maximum atomic E-state index is 12.4. The monoisotopic (exact) mass is 369 g/mol.